The largest absolute Gasteiger partial charge is 0.412 e. The van der Waals surface area contributed by atoms with E-state index < -0.39 is 0 Å². The Hall–Kier alpha value is 1.01. The van der Waals surface area contributed by atoms with Gasteiger partial charge in [-0.2, -0.15) is 0 Å². The standard InChI is InChI=1S/6H2O.2Ru/h6*1H2;;. The van der Waals surface area contributed by atoms with Crippen LogP contribution in [0.3, 0.4) is 0 Å². The first-order valence-corrected chi connectivity index (χ1v) is 0. The van der Waals surface area contributed by atoms with Gasteiger partial charge in [0.2, 0.25) is 0 Å². The van der Waals surface area contributed by atoms with Gasteiger partial charge in [0.25, 0.3) is 0 Å². The molecule has 0 radical (unpaired) electrons. The normalized spacial score (nSPS) is 0. The Kier molecular flexibility index (Phi) is 27600. The van der Waals surface area contributed by atoms with Crippen LogP contribution in [-0.4, -0.2) is 32.9 Å². The SMILES string of the molecule is O.O.O.O.O.O.[Ru].[Ru]. The van der Waals surface area contributed by atoms with Gasteiger partial charge >= 0.3 is 0 Å². The predicted octanol–water partition coefficient (Wildman–Crippen LogP) is -4.95. The van der Waals surface area contributed by atoms with Crippen LogP contribution < -0.4 is 0 Å². The molecule has 0 aromatic rings. The van der Waals surface area contributed by atoms with Crippen LogP contribution in [0.25, 0.3) is 0 Å². The summed E-state index contributed by atoms with van der Waals surface area (Å²) in [6.07, 6.45) is 0. The van der Waals surface area contributed by atoms with E-state index in [1.807, 2.05) is 0 Å². The van der Waals surface area contributed by atoms with E-state index in [1.165, 1.54) is 0 Å². The van der Waals surface area contributed by atoms with Gasteiger partial charge in [-0.25, -0.2) is 0 Å². The average molecular weight is 310 g/mol. The minimum Gasteiger partial charge on any atom is -0.412 e. The molecule has 0 aliphatic rings. The minimum absolute atomic E-state index is 0. The van der Waals surface area contributed by atoms with Crippen molar-refractivity contribution in [1.82, 2.24) is 0 Å². The molecule has 0 saturated carbocycles. The van der Waals surface area contributed by atoms with Crippen molar-refractivity contribution in [2.45, 2.75) is 0 Å². The molecule has 8 heavy (non-hydrogen) atoms. The Morgan fingerprint density at radius 3 is 0.250 bits per heavy atom. The molecule has 64 valence electrons. The van der Waals surface area contributed by atoms with Crippen LogP contribution in [0.2, 0.25) is 0 Å². The van der Waals surface area contributed by atoms with Gasteiger partial charge in [0, 0.05) is 39.0 Å². The first-order valence-electron chi connectivity index (χ1n) is 0. The van der Waals surface area contributed by atoms with Gasteiger partial charge in [-0.3, -0.25) is 0 Å². The van der Waals surface area contributed by atoms with E-state index in [-0.39, 0.29) is 71.8 Å². The first-order chi connectivity index (χ1) is 0. The maximum Gasteiger partial charge on any atom is 0 e. The van der Waals surface area contributed by atoms with Crippen LogP contribution in [0.4, 0.5) is 0 Å². The van der Waals surface area contributed by atoms with Gasteiger partial charge in [0.05, 0.1) is 0 Å². The number of rotatable bonds is 0. The van der Waals surface area contributed by atoms with Crippen LogP contribution in [0, 0.1) is 0 Å². The van der Waals surface area contributed by atoms with E-state index in [0.29, 0.717) is 0 Å². The number of hydrogen-bond donors (Lipinski definition) is 0. The molecule has 12 N–H and O–H groups in total. The van der Waals surface area contributed by atoms with E-state index in [0.717, 1.165) is 0 Å². The molecule has 0 heterocycles. The second-order valence-corrected chi connectivity index (χ2v) is 0. The van der Waals surface area contributed by atoms with Crippen molar-refractivity contribution in [2.75, 3.05) is 0 Å². The van der Waals surface area contributed by atoms with E-state index >= 15 is 0 Å². The van der Waals surface area contributed by atoms with Gasteiger partial charge in [-0.1, -0.05) is 0 Å². The summed E-state index contributed by atoms with van der Waals surface area (Å²) in [5.41, 5.74) is 0. The van der Waals surface area contributed by atoms with Crippen molar-refractivity contribution in [3.05, 3.63) is 0 Å². The minimum atomic E-state index is 0. The summed E-state index contributed by atoms with van der Waals surface area (Å²) in [5, 5.41) is 0. The molecule has 0 rings (SSSR count). The van der Waals surface area contributed by atoms with Gasteiger partial charge in [0.1, 0.15) is 0 Å². The maximum absolute atomic E-state index is 0. The summed E-state index contributed by atoms with van der Waals surface area (Å²) < 4.78 is 0. The molecule has 0 aromatic heterocycles. The van der Waals surface area contributed by atoms with E-state index in [2.05, 4.69) is 0 Å². The molecular weight excluding hydrogens is 298 g/mol. The average Bonchev–Trinajstić information content (AvgIpc) is 0. The smallest absolute Gasteiger partial charge is 0 e. The van der Waals surface area contributed by atoms with Gasteiger partial charge < -0.3 is 32.9 Å². The zero-order chi connectivity index (χ0) is 0. The Labute approximate surface area is 72.0 Å². The van der Waals surface area contributed by atoms with Crippen molar-refractivity contribution in [3.63, 3.8) is 0 Å². The monoisotopic (exact) mass is 312 g/mol. The fraction of sp³-hybridized carbons (Fsp3) is 0. The summed E-state index contributed by atoms with van der Waals surface area (Å²) in [7, 11) is 0. The molecule has 6 nitrogen and oxygen atoms in total. The van der Waals surface area contributed by atoms with Crippen LogP contribution in [0.5, 0.6) is 0 Å². The van der Waals surface area contributed by atoms with E-state index in [9.17, 15) is 0 Å². The van der Waals surface area contributed by atoms with Crippen molar-refractivity contribution in [2.24, 2.45) is 0 Å². The fourth-order valence-corrected chi connectivity index (χ4v) is 0. The van der Waals surface area contributed by atoms with Gasteiger partial charge in [0.15, 0.2) is 0 Å². The molecule has 0 aliphatic carbocycles. The second kappa shape index (κ2) is 388. The molecular formula is H12O6Ru2. The van der Waals surface area contributed by atoms with Crippen molar-refractivity contribution in [1.29, 1.82) is 0 Å². The molecule has 0 aromatic carbocycles. The Bertz CT molecular complexity index is 6.49. The Morgan fingerprint density at radius 2 is 0.250 bits per heavy atom. The third-order valence-corrected chi connectivity index (χ3v) is 0. The molecule has 0 spiro atoms. The van der Waals surface area contributed by atoms with Crippen LogP contribution in [0.15, 0.2) is 0 Å². The van der Waals surface area contributed by atoms with E-state index in [1.54, 1.807) is 0 Å². The topological polar surface area (TPSA) is 189 Å². The summed E-state index contributed by atoms with van der Waals surface area (Å²) in [6.45, 7) is 0. The summed E-state index contributed by atoms with van der Waals surface area (Å²) in [6, 6.07) is 0. The molecule has 0 fully saturated rings. The first kappa shape index (κ1) is 570. The van der Waals surface area contributed by atoms with Crippen LogP contribution in [0.1, 0.15) is 0 Å². The zero-order valence-electron chi connectivity index (χ0n) is 3.71. The number of hydrogen-bond acceptors (Lipinski definition) is 0. The maximum atomic E-state index is 0. The molecule has 0 bridgehead atoms. The van der Waals surface area contributed by atoms with Crippen molar-refractivity contribution < 1.29 is 71.8 Å². The quantitative estimate of drug-likeness (QED) is 0.388. The van der Waals surface area contributed by atoms with E-state index in [4.69, 9.17) is 0 Å². The van der Waals surface area contributed by atoms with Crippen LogP contribution >= 0.6 is 0 Å². The zero-order valence-corrected chi connectivity index (χ0v) is 7.18. The Morgan fingerprint density at radius 1 is 0.250 bits per heavy atom. The second-order valence-electron chi connectivity index (χ2n) is 0. The molecule has 0 saturated heterocycles. The van der Waals surface area contributed by atoms with Gasteiger partial charge in [-0.05, 0) is 0 Å². The summed E-state index contributed by atoms with van der Waals surface area (Å²) in [5.74, 6) is 0. The Balaban J connectivity index is 0. The third kappa shape index (κ3) is 249. The molecule has 8 heteroatoms. The fourth-order valence-electron chi connectivity index (χ4n) is 0. The van der Waals surface area contributed by atoms with Crippen molar-refractivity contribution >= 4 is 0 Å². The molecule has 0 unspecified atom stereocenters. The van der Waals surface area contributed by atoms with Crippen LogP contribution in [-0.2, 0) is 39.0 Å². The molecule has 0 atom stereocenters. The third-order valence-electron chi connectivity index (χ3n) is 0. The molecule has 0 aliphatic heterocycles. The van der Waals surface area contributed by atoms with Crippen molar-refractivity contribution in [3.8, 4) is 0 Å². The summed E-state index contributed by atoms with van der Waals surface area (Å²) >= 11 is 0. The predicted molar refractivity (Wildman–Crippen MR) is 21.7 cm³/mol. The molecule has 0 amide bonds. The summed E-state index contributed by atoms with van der Waals surface area (Å²) in [4.78, 5) is 0. The van der Waals surface area contributed by atoms with Gasteiger partial charge in [-0.15, -0.1) is 0 Å².